The van der Waals surface area contributed by atoms with Gasteiger partial charge in [0, 0.05) is 18.7 Å². The van der Waals surface area contributed by atoms with Crippen LogP contribution in [-0.4, -0.2) is 48.8 Å². The number of allylic oxidation sites excluding steroid dienone is 1. The average molecular weight is 305 g/mol. The third-order valence-electron chi connectivity index (χ3n) is 5.60. The number of carbonyl (C=O) groups excluding carboxylic acids is 1. The van der Waals surface area contributed by atoms with E-state index in [1.54, 1.807) is 0 Å². The Balaban J connectivity index is 1.48. The van der Waals surface area contributed by atoms with E-state index < -0.39 is 0 Å². The van der Waals surface area contributed by atoms with Gasteiger partial charge < -0.3 is 14.4 Å². The van der Waals surface area contributed by atoms with E-state index in [0.29, 0.717) is 6.61 Å². The Bertz CT molecular complexity index is 457. The molecular weight excluding hydrogens is 278 g/mol. The number of amides is 1. The summed E-state index contributed by atoms with van der Waals surface area (Å²) in [6.45, 7) is 2.23. The van der Waals surface area contributed by atoms with Crippen molar-refractivity contribution in [3.05, 3.63) is 11.6 Å². The van der Waals surface area contributed by atoms with E-state index in [4.69, 9.17) is 9.47 Å². The molecule has 122 valence electrons. The summed E-state index contributed by atoms with van der Waals surface area (Å²) < 4.78 is 12.2. The van der Waals surface area contributed by atoms with E-state index in [1.165, 1.54) is 19.3 Å². The van der Waals surface area contributed by atoms with Gasteiger partial charge >= 0.3 is 0 Å². The molecule has 4 nitrogen and oxygen atoms in total. The van der Waals surface area contributed by atoms with Crippen LogP contribution in [0.4, 0.5) is 0 Å². The Hall–Kier alpha value is -0.870. The fraction of sp³-hybridized carbons (Fsp3) is 0.833. The SMILES string of the molecule is O=C(C1=CCCCC1)N1CCO[C@H]2CC[C@H]1[C@@H]2OCC1CC1. The normalized spacial score (nSPS) is 35.2. The van der Waals surface area contributed by atoms with Gasteiger partial charge in [0.25, 0.3) is 0 Å². The number of rotatable bonds is 4. The number of hydrogen-bond acceptors (Lipinski definition) is 3. The minimum absolute atomic E-state index is 0.0937. The molecule has 0 aromatic rings. The van der Waals surface area contributed by atoms with Gasteiger partial charge in [-0.1, -0.05) is 6.08 Å². The van der Waals surface area contributed by atoms with Crippen molar-refractivity contribution in [3.63, 3.8) is 0 Å². The Morgan fingerprint density at radius 3 is 2.95 bits per heavy atom. The predicted molar refractivity (Wildman–Crippen MR) is 83.5 cm³/mol. The van der Waals surface area contributed by atoms with E-state index in [1.807, 2.05) is 0 Å². The molecule has 0 N–H and O–H groups in total. The largest absolute Gasteiger partial charge is 0.374 e. The highest BCUT2D eigenvalue weighted by Crippen LogP contribution is 2.36. The first-order chi connectivity index (χ1) is 10.8. The molecule has 3 atom stereocenters. The highest BCUT2D eigenvalue weighted by molar-refractivity contribution is 5.93. The molecule has 4 heteroatoms. The van der Waals surface area contributed by atoms with Gasteiger partial charge in [-0.15, -0.1) is 0 Å². The maximum atomic E-state index is 12.9. The molecule has 1 amide bonds. The van der Waals surface area contributed by atoms with E-state index in [9.17, 15) is 4.79 Å². The van der Waals surface area contributed by atoms with Crippen molar-refractivity contribution >= 4 is 5.91 Å². The van der Waals surface area contributed by atoms with Crippen LogP contribution in [-0.2, 0) is 14.3 Å². The average Bonchev–Trinajstić information content (AvgIpc) is 3.30. The molecule has 0 unspecified atom stereocenters. The predicted octanol–water partition coefficient (Wildman–Crippen LogP) is 2.67. The lowest BCUT2D eigenvalue weighted by atomic mass is 9.97. The van der Waals surface area contributed by atoms with Gasteiger partial charge in [-0.2, -0.15) is 0 Å². The van der Waals surface area contributed by atoms with Crippen LogP contribution in [0.1, 0.15) is 51.4 Å². The van der Waals surface area contributed by atoms with Crippen molar-refractivity contribution < 1.29 is 14.3 Å². The summed E-state index contributed by atoms with van der Waals surface area (Å²) in [5.41, 5.74) is 1.03. The highest BCUT2D eigenvalue weighted by Gasteiger charge is 2.45. The van der Waals surface area contributed by atoms with Crippen LogP contribution < -0.4 is 0 Å². The lowest BCUT2D eigenvalue weighted by Gasteiger charge is -2.32. The number of carbonyl (C=O) groups is 1. The quantitative estimate of drug-likeness (QED) is 0.801. The molecule has 0 radical (unpaired) electrons. The molecule has 1 saturated heterocycles. The lowest BCUT2D eigenvalue weighted by Crippen LogP contribution is -2.47. The van der Waals surface area contributed by atoms with Crippen LogP contribution in [0.15, 0.2) is 11.6 Å². The second-order valence-corrected chi connectivity index (χ2v) is 7.27. The molecule has 4 rings (SSSR count). The van der Waals surface area contributed by atoms with Crippen molar-refractivity contribution in [2.24, 2.45) is 5.92 Å². The Kier molecular flexibility index (Phi) is 4.23. The molecule has 0 aromatic carbocycles. The maximum absolute atomic E-state index is 12.9. The zero-order valence-electron chi connectivity index (χ0n) is 13.3. The minimum atomic E-state index is 0.0937. The van der Waals surface area contributed by atoms with Crippen LogP contribution in [0.3, 0.4) is 0 Å². The van der Waals surface area contributed by atoms with E-state index >= 15 is 0 Å². The smallest absolute Gasteiger partial charge is 0.249 e. The summed E-state index contributed by atoms with van der Waals surface area (Å²) >= 11 is 0. The summed E-state index contributed by atoms with van der Waals surface area (Å²) in [6, 6.07) is 0.224. The van der Waals surface area contributed by atoms with Gasteiger partial charge in [0.15, 0.2) is 0 Å². The Morgan fingerprint density at radius 1 is 1.27 bits per heavy atom. The topological polar surface area (TPSA) is 38.8 Å². The standard InChI is InChI=1S/C18H27NO3/c20-18(14-4-2-1-3-5-14)19-10-11-21-16-9-8-15(19)17(16)22-12-13-6-7-13/h4,13,15-17H,1-3,5-12H2/t15-,16-,17-/m0/s1. The number of nitrogens with zero attached hydrogens (tertiary/aromatic N) is 1. The van der Waals surface area contributed by atoms with Gasteiger partial charge in [-0.05, 0) is 57.3 Å². The molecular formula is C18H27NO3. The second kappa shape index (κ2) is 6.32. The lowest BCUT2D eigenvalue weighted by molar-refractivity contribution is -0.132. The third kappa shape index (κ3) is 2.95. The van der Waals surface area contributed by atoms with Gasteiger partial charge in [-0.25, -0.2) is 0 Å². The van der Waals surface area contributed by atoms with Gasteiger partial charge in [0.2, 0.25) is 5.91 Å². The number of ether oxygens (including phenoxy) is 2. The molecule has 3 aliphatic carbocycles. The van der Waals surface area contributed by atoms with Crippen LogP contribution in [0.25, 0.3) is 0 Å². The van der Waals surface area contributed by atoms with Crippen molar-refractivity contribution in [1.29, 1.82) is 0 Å². The maximum Gasteiger partial charge on any atom is 0.249 e. The summed E-state index contributed by atoms with van der Waals surface area (Å²) in [7, 11) is 0. The fourth-order valence-corrected chi connectivity index (χ4v) is 4.11. The summed E-state index contributed by atoms with van der Waals surface area (Å²) in [5, 5.41) is 0. The van der Waals surface area contributed by atoms with Crippen LogP contribution in [0.2, 0.25) is 0 Å². The molecule has 4 aliphatic rings. The summed E-state index contributed by atoms with van der Waals surface area (Å²) in [5.74, 6) is 1.00. The Labute approximate surface area is 132 Å². The zero-order valence-corrected chi connectivity index (χ0v) is 13.3. The monoisotopic (exact) mass is 305 g/mol. The zero-order chi connectivity index (χ0) is 14.9. The van der Waals surface area contributed by atoms with Crippen LogP contribution in [0.5, 0.6) is 0 Å². The molecule has 2 bridgehead atoms. The third-order valence-corrected chi connectivity index (χ3v) is 5.60. The first-order valence-electron chi connectivity index (χ1n) is 9.06. The van der Waals surface area contributed by atoms with Crippen LogP contribution in [0, 0.1) is 5.92 Å². The fourth-order valence-electron chi connectivity index (χ4n) is 4.11. The molecule has 22 heavy (non-hydrogen) atoms. The molecule has 0 aromatic heterocycles. The van der Waals surface area contributed by atoms with Crippen molar-refractivity contribution in [1.82, 2.24) is 4.90 Å². The second-order valence-electron chi connectivity index (χ2n) is 7.27. The summed E-state index contributed by atoms with van der Waals surface area (Å²) in [4.78, 5) is 15.0. The van der Waals surface area contributed by atoms with Crippen molar-refractivity contribution in [2.75, 3.05) is 19.8 Å². The summed E-state index contributed by atoms with van der Waals surface area (Å²) in [6.07, 6.45) is 11.5. The highest BCUT2D eigenvalue weighted by atomic mass is 16.5. The van der Waals surface area contributed by atoms with Crippen LogP contribution >= 0.6 is 0 Å². The molecule has 1 heterocycles. The molecule has 1 aliphatic heterocycles. The van der Waals surface area contributed by atoms with Gasteiger partial charge in [0.05, 0.1) is 18.8 Å². The Morgan fingerprint density at radius 2 is 2.18 bits per heavy atom. The molecule has 3 fully saturated rings. The first-order valence-corrected chi connectivity index (χ1v) is 9.06. The van der Waals surface area contributed by atoms with Crippen molar-refractivity contribution in [3.8, 4) is 0 Å². The first kappa shape index (κ1) is 14.7. The number of fused-ring (bicyclic) bond motifs is 2. The van der Waals surface area contributed by atoms with Gasteiger partial charge in [-0.3, -0.25) is 4.79 Å². The molecule has 0 spiro atoms. The van der Waals surface area contributed by atoms with E-state index in [2.05, 4.69) is 11.0 Å². The van der Waals surface area contributed by atoms with Gasteiger partial charge in [0.1, 0.15) is 6.10 Å². The molecule has 2 saturated carbocycles. The van der Waals surface area contributed by atoms with E-state index in [-0.39, 0.29) is 24.2 Å². The van der Waals surface area contributed by atoms with E-state index in [0.717, 1.165) is 56.7 Å². The minimum Gasteiger partial charge on any atom is -0.374 e. The number of hydrogen-bond donors (Lipinski definition) is 0. The van der Waals surface area contributed by atoms with Crippen molar-refractivity contribution in [2.45, 2.75) is 69.6 Å².